The van der Waals surface area contributed by atoms with E-state index >= 15 is 0 Å². The van der Waals surface area contributed by atoms with Crippen molar-refractivity contribution in [1.29, 1.82) is 0 Å². The average molecular weight is 148 g/mol. The van der Waals surface area contributed by atoms with Gasteiger partial charge < -0.3 is 5.73 Å². The zero-order valence-corrected chi connectivity index (χ0v) is 6.72. The second-order valence-electron chi connectivity index (χ2n) is 2.55. The Bertz CT molecular complexity index is 223. The fourth-order valence-electron chi connectivity index (χ4n) is 1.02. The number of hydrogen-bond donors (Lipinski definition) is 1. The van der Waals surface area contributed by atoms with E-state index < -0.39 is 0 Å². The van der Waals surface area contributed by atoms with E-state index in [0.29, 0.717) is 0 Å². The van der Waals surface area contributed by atoms with Crippen molar-refractivity contribution in [3.8, 4) is 0 Å². The number of benzene rings is 1. The first-order valence-corrected chi connectivity index (χ1v) is 3.87. The standard InChI is InChI=1S/C10H13N/c1-2-9-3-5-10(6-4-9)7-8-11/h2-6H,1,7-8,11H2/p+1. The summed E-state index contributed by atoms with van der Waals surface area (Å²) >= 11 is 0. The van der Waals surface area contributed by atoms with Gasteiger partial charge in [0, 0.05) is 6.42 Å². The highest BCUT2D eigenvalue weighted by Gasteiger charge is 1.90. The second-order valence-corrected chi connectivity index (χ2v) is 2.55. The van der Waals surface area contributed by atoms with Gasteiger partial charge in [0.25, 0.3) is 0 Å². The van der Waals surface area contributed by atoms with Gasteiger partial charge in [-0.1, -0.05) is 36.9 Å². The molecule has 0 atom stereocenters. The van der Waals surface area contributed by atoms with Crippen LogP contribution < -0.4 is 5.73 Å². The molecule has 1 aromatic rings. The zero-order valence-electron chi connectivity index (χ0n) is 6.72. The molecule has 0 saturated carbocycles. The van der Waals surface area contributed by atoms with Crippen LogP contribution in [-0.4, -0.2) is 6.54 Å². The van der Waals surface area contributed by atoms with Gasteiger partial charge in [0.15, 0.2) is 0 Å². The lowest BCUT2D eigenvalue weighted by atomic mass is 10.1. The predicted octanol–water partition coefficient (Wildman–Crippen LogP) is 1.11. The van der Waals surface area contributed by atoms with E-state index in [2.05, 4.69) is 36.6 Å². The Morgan fingerprint density at radius 1 is 1.27 bits per heavy atom. The molecule has 0 fully saturated rings. The molecule has 1 aromatic carbocycles. The minimum Gasteiger partial charge on any atom is -0.357 e. The van der Waals surface area contributed by atoms with Gasteiger partial charge in [0.2, 0.25) is 0 Å². The van der Waals surface area contributed by atoms with Gasteiger partial charge in [-0.25, -0.2) is 0 Å². The first-order valence-electron chi connectivity index (χ1n) is 3.87. The van der Waals surface area contributed by atoms with Crippen molar-refractivity contribution in [2.24, 2.45) is 0 Å². The van der Waals surface area contributed by atoms with Crippen LogP contribution in [0.3, 0.4) is 0 Å². The van der Waals surface area contributed by atoms with Crippen molar-refractivity contribution in [3.63, 3.8) is 0 Å². The highest BCUT2D eigenvalue weighted by Crippen LogP contribution is 2.04. The Labute approximate surface area is 67.5 Å². The van der Waals surface area contributed by atoms with Gasteiger partial charge in [-0.05, 0) is 11.1 Å². The maximum atomic E-state index is 3.80. The van der Waals surface area contributed by atoms with E-state index in [4.69, 9.17) is 0 Å². The minimum absolute atomic E-state index is 0.966. The highest BCUT2D eigenvalue weighted by molar-refractivity contribution is 5.47. The summed E-state index contributed by atoms with van der Waals surface area (Å²) in [4.78, 5) is 0. The molecule has 0 aliphatic carbocycles. The molecule has 0 bridgehead atoms. The summed E-state index contributed by atoms with van der Waals surface area (Å²) in [5.41, 5.74) is 6.33. The van der Waals surface area contributed by atoms with Gasteiger partial charge in [-0.3, -0.25) is 0 Å². The zero-order chi connectivity index (χ0) is 8.10. The van der Waals surface area contributed by atoms with Crippen LogP contribution in [0.4, 0.5) is 0 Å². The molecule has 11 heavy (non-hydrogen) atoms. The highest BCUT2D eigenvalue weighted by atomic mass is 14.5. The van der Waals surface area contributed by atoms with Crippen LogP contribution in [0, 0.1) is 0 Å². The van der Waals surface area contributed by atoms with Crippen molar-refractivity contribution in [2.45, 2.75) is 6.42 Å². The summed E-state index contributed by atoms with van der Waals surface area (Å²) in [6.07, 6.45) is 2.92. The first kappa shape index (κ1) is 8.02. The fraction of sp³-hybridized carbons (Fsp3) is 0.200. The molecule has 0 aliphatic heterocycles. The van der Waals surface area contributed by atoms with Crippen LogP contribution in [-0.2, 0) is 6.42 Å². The van der Waals surface area contributed by atoms with Crippen LogP contribution in [0.2, 0.25) is 0 Å². The van der Waals surface area contributed by atoms with E-state index in [1.54, 1.807) is 0 Å². The molecule has 0 unspecified atom stereocenters. The van der Waals surface area contributed by atoms with E-state index in [1.165, 1.54) is 11.1 Å². The first-order chi connectivity index (χ1) is 5.36. The van der Waals surface area contributed by atoms with Gasteiger partial charge >= 0.3 is 0 Å². The number of hydrogen-bond acceptors (Lipinski definition) is 0. The monoisotopic (exact) mass is 148 g/mol. The van der Waals surface area contributed by atoms with Crippen LogP contribution in [0.1, 0.15) is 11.1 Å². The number of quaternary nitrogens is 1. The lowest BCUT2D eigenvalue weighted by Crippen LogP contribution is -2.51. The Kier molecular flexibility index (Phi) is 2.87. The molecular formula is C10H14N+. The Balaban J connectivity index is 2.74. The smallest absolute Gasteiger partial charge is 0.0780 e. The van der Waals surface area contributed by atoms with Crippen LogP contribution in [0.15, 0.2) is 30.8 Å². The molecule has 0 aromatic heterocycles. The van der Waals surface area contributed by atoms with Crippen molar-refractivity contribution >= 4 is 6.08 Å². The molecule has 1 rings (SSSR count). The average Bonchev–Trinajstić information content (AvgIpc) is 2.07. The van der Waals surface area contributed by atoms with Crippen molar-refractivity contribution in [2.75, 3.05) is 6.54 Å². The van der Waals surface area contributed by atoms with Crippen LogP contribution in [0.5, 0.6) is 0 Å². The Morgan fingerprint density at radius 2 is 1.91 bits per heavy atom. The van der Waals surface area contributed by atoms with Crippen LogP contribution >= 0.6 is 0 Å². The van der Waals surface area contributed by atoms with Gasteiger partial charge in [0.1, 0.15) is 0 Å². The maximum Gasteiger partial charge on any atom is 0.0780 e. The molecule has 0 heterocycles. The Morgan fingerprint density at radius 3 is 2.36 bits per heavy atom. The third-order valence-corrected chi connectivity index (χ3v) is 1.68. The Hall–Kier alpha value is -1.08. The third kappa shape index (κ3) is 2.20. The van der Waals surface area contributed by atoms with Gasteiger partial charge in [-0.2, -0.15) is 0 Å². The summed E-state index contributed by atoms with van der Waals surface area (Å²) in [6.45, 7) is 4.66. The molecule has 58 valence electrons. The molecule has 0 saturated heterocycles. The van der Waals surface area contributed by atoms with Crippen molar-refractivity contribution < 1.29 is 5.73 Å². The van der Waals surface area contributed by atoms with E-state index in [0.717, 1.165) is 13.0 Å². The normalized spacial score (nSPS) is 9.55. The largest absolute Gasteiger partial charge is 0.357 e. The molecule has 0 spiro atoms. The minimum atomic E-state index is 0.966. The molecule has 0 amide bonds. The molecule has 1 heteroatoms. The van der Waals surface area contributed by atoms with Crippen LogP contribution in [0.25, 0.3) is 6.08 Å². The SMILES string of the molecule is C=Cc1ccc(CC[NH3+])cc1. The van der Waals surface area contributed by atoms with Gasteiger partial charge in [-0.15, -0.1) is 0 Å². The topological polar surface area (TPSA) is 27.6 Å². The summed E-state index contributed by atoms with van der Waals surface area (Å²) < 4.78 is 0. The summed E-state index contributed by atoms with van der Waals surface area (Å²) in [7, 11) is 0. The molecule has 3 N–H and O–H groups in total. The lowest BCUT2D eigenvalue weighted by molar-refractivity contribution is -0.366. The third-order valence-electron chi connectivity index (χ3n) is 1.68. The second kappa shape index (κ2) is 3.94. The predicted molar refractivity (Wildman–Crippen MR) is 48.0 cm³/mol. The van der Waals surface area contributed by atoms with E-state index in [1.807, 2.05) is 6.08 Å². The summed E-state index contributed by atoms with van der Waals surface area (Å²) in [5, 5.41) is 0. The van der Waals surface area contributed by atoms with Crippen molar-refractivity contribution in [3.05, 3.63) is 42.0 Å². The summed E-state index contributed by atoms with van der Waals surface area (Å²) in [6, 6.07) is 8.42. The molecule has 1 nitrogen and oxygen atoms in total. The number of rotatable bonds is 3. The molecule has 0 aliphatic rings. The van der Waals surface area contributed by atoms with E-state index in [-0.39, 0.29) is 0 Å². The summed E-state index contributed by atoms with van der Waals surface area (Å²) in [5.74, 6) is 0. The molecular weight excluding hydrogens is 134 g/mol. The fourth-order valence-corrected chi connectivity index (χ4v) is 1.02. The lowest BCUT2D eigenvalue weighted by Gasteiger charge is -1.96. The van der Waals surface area contributed by atoms with E-state index in [9.17, 15) is 0 Å². The maximum absolute atomic E-state index is 3.80. The van der Waals surface area contributed by atoms with Gasteiger partial charge in [0.05, 0.1) is 6.54 Å². The molecule has 0 radical (unpaired) electrons. The van der Waals surface area contributed by atoms with Crippen molar-refractivity contribution in [1.82, 2.24) is 0 Å². The quantitative estimate of drug-likeness (QED) is 0.665.